The molecule has 1 saturated heterocycles. The number of ether oxygens (including phenoxy) is 1. The maximum absolute atomic E-state index is 12.5. The molecule has 0 radical (unpaired) electrons. The zero-order valence-electron chi connectivity index (χ0n) is 12.0. The quantitative estimate of drug-likeness (QED) is 0.833. The van der Waals surface area contributed by atoms with E-state index in [0.717, 1.165) is 18.5 Å². The van der Waals surface area contributed by atoms with Crippen molar-refractivity contribution < 1.29 is 17.9 Å². The number of likely N-dealkylation sites (tertiary alicyclic amines) is 1. The van der Waals surface area contributed by atoms with Crippen LogP contribution in [0.1, 0.15) is 25.8 Å². The lowest BCUT2D eigenvalue weighted by Crippen LogP contribution is -2.37. The van der Waals surface area contributed by atoms with Crippen LogP contribution in [0, 0.1) is 5.92 Å². The average molecular weight is 297 g/mol. The molecule has 2 bridgehead atoms. The van der Waals surface area contributed by atoms with Crippen LogP contribution in [0.3, 0.4) is 0 Å². The summed E-state index contributed by atoms with van der Waals surface area (Å²) in [7, 11) is 0. The number of hydrogen-bond donors (Lipinski definition) is 0. The molecule has 0 aromatic heterocycles. The van der Waals surface area contributed by atoms with Crippen molar-refractivity contribution in [2.75, 3.05) is 6.54 Å². The Morgan fingerprint density at radius 1 is 1.24 bits per heavy atom. The molecule has 114 valence electrons. The highest BCUT2D eigenvalue weighted by Crippen LogP contribution is 2.45. The molecule has 0 saturated carbocycles. The fourth-order valence-corrected chi connectivity index (χ4v) is 3.44. The molecule has 5 heteroatoms. The molecule has 1 aromatic carbocycles. The third-order valence-electron chi connectivity index (χ3n) is 4.23. The van der Waals surface area contributed by atoms with Crippen molar-refractivity contribution in [3.63, 3.8) is 0 Å². The van der Waals surface area contributed by atoms with Crippen molar-refractivity contribution in [2.45, 2.75) is 38.7 Å². The summed E-state index contributed by atoms with van der Waals surface area (Å²) in [6.07, 6.45) is -1.55. The molecule has 2 nitrogen and oxygen atoms in total. The second-order valence-corrected chi connectivity index (χ2v) is 5.97. The van der Waals surface area contributed by atoms with E-state index in [0.29, 0.717) is 17.5 Å². The van der Waals surface area contributed by atoms with Crippen molar-refractivity contribution in [1.82, 2.24) is 4.90 Å². The van der Waals surface area contributed by atoms with Gasteiger partial charge in [0.15, 0.2) is 0 Å². The Labute approximate surface area is 122 Å². The van der Waals surface area contributed by atoms with Crippen LogP contribution in [0.15, 0.2) is 30.3 Å². The Morgan fingerprint density at radius 3 is 2.57 bits per heavy atom. The topological polar surface area (TPSA) is 12.5 Å². The molecule has 21 heavy (non-hydrogen) atoms. The number of benzene rings is 1. The van der Waals surface area contributed by atoms with Gasteiger partial charge in [0.1, 0.15) is 5.75 Å². The number of alkyl halides is 3. The number of fused-ring (bicyclic) bond motifs is 2. The fourth-order valence-electron chi connectivity index (χ4n) is 3.44. The zero-order valence-corrected chi connectivity index (χ0v) is 12.0. The van der Waals surface area contributed by atoms with Crippen LogP contribution in [0.5, 0.6) is 5.75 Å². The van der Waals surface area contributed by atoms with Crippen LogP contribution in [0.4, 0.5) is 13.2 Å². The summed E-state index contributed by atoms with van der Waals surface area (Å²) in [4.78, 5) is 2.35. The molecule has 1 heterocycles. The maximum atomic E-state index is 12.5. The summed E-state index contributed by atoms with van der Waals surface area (Å²) in [5.74, 6) is 0.332. The standard InChI is InChI=1S/C16H18F3NO/c1-10(2)20-9-11-7-13(14(20)8-11)12-5-3-4-6-15(12)21-16(17,18)19/h3-7,10-11,14H,8-9H2,1-2H3. The van der Waals surface area contributed by atoms with Crippen LogP contribution in [0.2, 0.25) is 0 Å². The minimum Gasteiger partial charge on any atom is -0.405 e. The van der Waals surface area contributed by atoms with E-state index in [2.05, 4.69) is 29.6 Å². The monoisotopic (exact) mass is 297 g/mol. The summed E-state index contributed by atoms with van der Waals surface area (Å²) in [5.41, 5.74) is 1.53. The Morgan fingerprint density at radius 2 is 1.95 bits per heavy atom. The SMILES string of the molecule is CC(C)N1CC2C=C(c3ccccc3OC(F)(F)F)C1C2. The minimum absolute atomic E-state index is 0.104. The third kappa shape index (κ3) is 2.79. The molecule has 1 aliphatic carbocycles. The summed E-state index contributed by atoms with van der Waals surface area (Å²) < 4.78 is 41.8. The normalized spacial score (nSPS) is 25.5. The Hall–Kier alpha value is -1.49. The van der Waals surface area contributed by atoms with Crippen LogP contribution in [0.25, 0.3) is 5.57 Å². The van der Waals surface area contributed by atoms with E-state index in [-0.39, 0.29) is 11.8 Å². The van der Waals surface area contributed by atoms with Crippen LogP contribution in [-0.2, 0) is 0 Å². The molecule has 0 N–H and O–H groups in total. The van der Waals surface area contributed by atoms with Gasteiger partial charge in [-0.15, -0.1) is 13.2 Å². The summed E-state index contributed by atoms with van der Waals surface area (Å²) in [6, 6.07) is 7.01. The lowest BCUT2D eigenvalue weighted by Gasteiger charge is -2.32. The van der Waals surface area contributed by atoms with Gasteiger partial charge in [-0.1, -0.05) is 24.3 Å². The predicted octanol–water partition coefficient (Wildman–Crippen LogP) is 4.08. The van der Waals surface area contributed by atoms with Gasteiger partial charge < -0.3 is 4.74 Å². The molecule has 0 amide bonds. The maximum Gasteiger partial charge on any atom is 0.573 e. The van der Waals surface area contributed by atoms with E-state index in [1.807, 2.05) is 0 Å². The van der Waals surface area contributed by atoms with Crippen LogP contribution >= 0.6 is 0 Å². The first-order chi connectivity index (χ1) is 9.85. The van der Waals surface area contributed by atoms with Gasteiger partial charge in [0.05, 0.1) is 0 Å². The average Bonchev–Trinajstić information content (AvgIpc) is 2.97. The van der Waals surface area contributed by atoms with E-state index >= 15 is 0 Å². The summed E-state index contributed by atoms with van der Waals surface area (Å²) in [5, 5.41) is 0. The summed E-state index contributed by atoms with van der Waals surface area (Å²) >= 11 is 0. The van der Waals surface area contributed by atoms with Gasteiger partial charge in [0, 0.05) is 24.2 Å². The number of halogens is 3. The first-order valence-corrected chi connectivity index (χ1v) is 7.18. The molecule has 2 unspecified atom stereocenters. The Kier molecular flexibility index (Phi) is 3.48. The van der Waals surface area contributed by atoms with Gasteiger partial charge in [0.2, 0.25) is 0 Å². The molecule has 2 aliphatic rings. The predicted molar refractivity (Wildman–Crippen MR) is 74.8 cm³/mol. The Bertz CT molecular complexity index is 565. The first-order valence-electron chi connectivity index (χ1n) is 7.18. The summed E-state index contributed by atoms with van der Waals surface area (Å²) in [6.45, 7) is 5.24. The number of hydrogen-bond acceptors (Lipinski definition) is 2. The molecule has 3 rings (SSSR count). The van der Waals surface area contributed by atoms with Gasteiger partial charge >= 0.3 is 6.36 Å². The van der Waals surface area contributed by atoms with Crippen molar-refractivity contribution in [1.29, 1.82) is 0 Å². The van der Waals surface area contributed by atoms with Gasteiger partial charge in [-0.2, -0.15) is 0 Å². The fraction of sp³-hybridized carbons (Fsp3) is 0.500. The molecular formula is C16H18F3NO. The second-order valence-electron chi connectivity index (χ2n) is 5.97. The first kappa shape index (κ1) is 14.4. The third-order valence-corrected chi connectivity index (χ3v) is 4.23. The van der Waals surface area contributed by atoms with Crippen molar-refractivity contribution >= 4 is 5.57 Å². The van der Waals surface area contributed by atoms with Crippen molar-refractivity contribution in [2.24, 2.45) is 5.92 Å². The smallest absolute Gasteiger partial charge is 0.405 e. The number of rotatable bonds is 3. The molecule has 0 spiro atoms. The molecule has 1 aliphatic heterocycles. The van der Waals surface area contributed by atoms with Gasteiger partial charge in [-0.05, 0) is 37.8 Å². The Balaban J connectivity index is 1.93. The highest BCUT2D eigenvalue weighted by Gasteiger charge is 2.42. The minimum atomic E-state index is -4.66. The van der Waals surface area contributed by atoms with E-state index < -0.39 is 6.36 Å². The van der Waals surface area contributed by atoms with E-state index in [9.17, 15) is 13.2 Å². The lowest BCUT2D eigenvalue weighted by atomic mass is 9.98. The number of nitrogens with zero attached hydrogens (tertiary/aromatic N) is 1. The van der Waals surface area contributed by atoms with Gasteiger partial charge in [-0.3, -0.25) is 4.90 Å². The van der Waals surface area contributed by atoms with Crippen LogP contribution < -0.4 is 4.74 Å². The van der Waals surface area contributed by atoms with Crippen LogP contribution in [-0.4, -0.2) is 29.9 Å². The van der Waals surface area contributed by atoms with Crippen molar-refractivity contribution in [3.8, 4) is 5.75 Å². The molecular weight excluding hydrogens is 279 g/mol. The zero-order chi connectivity index (χ0) is 15.2. The van der Waals surface area contributed by atoms with E-state index in [1.54, 1.807) is 18.2 Å². The highest BCUT2D eigenvalue weighted by atomic mass is 19.4. The largest absolute Gasteiger partial charge is 0.573 e. The van der Waals surface area contributed by atoms with Crippen molar-refractivity contribution in [3.05, 3.63) is 35.9 Å². The highest BCUT2D eigenvalue weighted by molar-refractivity contribution is 5.77. The second kappa shape index (κ2) is 5.05. The molecule has 1 fully saturated rings. The van der Waals surface area contributed by atoms with E-state index in [4.69, 9.17) is 0 Å². The molecule has 2 atom stereocenters. The van der Waals surface area contributed by atoms with Gasteiger partial charge in [0.25, 0.3) is 0 Å². The molecule has 1 aromatic rings. The van der Waals surface area contributed by atoms with E-state index in [1.165, 1.54) is 6.07 Å². The lowest BCUT2D eigenvalue weighted by molar-refractivity contribution is -0.274. The van der Waals surface area contributed by atoms with Gasteiger partial charge in [-0.25, -0.2) is 0 Å². The number of para-hydroxylation sites is 1.